The Morgan fingerprint density at radius 2 is 2.33 bits per heavy atom. The lowest BCUT2D eigenvalue weighted by molar-refractivity contribution is 0.286. The van der Waals surface area contributed by atoms with E-state index in [4.69, 9.17) is 9.26 Å². The minimum atomic E-state index is -3.22. The molecule has 7 nitrogen and oxygen atoms in total. The molecule has 0 unspecified atom stereocenters. The summed E-state index contributed by atoms with van der Waals surface area (Å²) in [7, 11) is -3.22. The zero-order chi connectivity index (χ0) is 14.9. The van der Waals surface area contributed by atoms with E-state index in [-0.39, 0.29) is 13.2 Å². The van der Waals surface area contributed by atoms with Crippen LogP contribution in [0.4, 0.5) is 0 Å². The number of rotatable bonds is 4. The molecule has 2 aromatic heterocycles. The van der Waals surface area contributed by atoms with Crippen LogP contribution < -0.4 is 4.74 Å². The van der Waals surface area contributed by atoms with E-state index in [1.54, 1.807) is 24.5 Å². The first-order valence-electron chi connectivity index (χ1n) is 6.48. The quantitative estimate of drug-likeness (QED) is 0.836. The van der Waals surface area contributed by atoms with Crippen LogP contribution >= 0.6 is 0 Å². The molecule has 0 saturated heterocycles. The van der Waals surface area contributed by atoms with Crippen LogP contribution in [0.1, 0.15) is 17.0 Å². The minimum Gasteiger partial charge on any atom is -0.486 e. The summed E-state index contributed by atoms with van der Waals surface area (Å²) in [6, 6.07) is 3.57. The minimum absolute atomic E-state index is 0.224. The molecule has 112 valence electrons. The second-order valence-electron chi connectivity index (χ2n) is 4.85. The topological polar surface area (TPSA) is 85.5 Å². The Morgan fingerprint density at radius 3 is 3.05 bits per heavy atom. The average Bonchev–Trinajstić information content (AvgIpc) is 2.87. The highest BCUT2D eigenvalue weighted by atomic mass is 32.2. The van der Waals surface area contributed by atoms with Gasteiger partial charge in [0.15, 0.2) is 0 Å². The molecule has 0 fully saturated rings. The number of nitrogens with zero attached hydrogens (tertiary/aromatic N) is 3. The molecule has 3 heterocycles. The highest BCUT2D eigenvalue weighted by Gasteiger charge is 2.28. The molecule has 0 atom stereocenters. The van der Waals surface area contributed by atoms with Gasteiger partial charge in [0, 0.05) is 31.3 Å². The van der Waals surface area contributed by atoms with Gasteiger partial charge >= 0.3 is 0 Å². The first-order valence-corrected chi connectivity index (χ1v) is 8.33. The van der Waals surface area contributed by atoms with Crippen molar-refractivity contribution in [2.45, 2.75) is 19.6 Å². The van der Waals surface area contributed by atoms with Crippen LogP contribution in [0.15, 0.2) is 29.0 Å². The summed E-state index contributed by atoms with van der Waals surface area (Å²) in [6.45, 7) is 0.926. The van der Waals surface area contributed by atoms with Gasteiger partial charge in [-0.2, -0.15) is 4.31 Å². The van der Waals surface area contributed by atoms with E-state index in [9.17, 15) is 8.42 Å². The monoisotopic (exact) mass is 309 g/mol. The Kier molecular flexibility index (Phi) is 3.64. The fraction of sp³-hybridized carbons (Fsp3) is 0.385. The molecule has 0 N–H and O–H groups in total. The number of hydrogen-bond donors (Lipinski definition) is 0. The molecule has 0 spiro atoms. The van der Waals surface area contributed by atoms with Crippen molar-refractivity contribution in [1.82, 2.24) is 14.4 Å². The number of hydrogen-bond acceptors (Lipinski definition) is 6. The van der Waals surface area contributed by atoms with Crippen molar-refractivity contribution in [1.29, 1.82) is 0 Å². The summed E-state index contributed by atoms with van der Waals surface area (Å²) in [4.78, 5) is 3.96. The van der Waals surface area contributed by atoms with Gasteiger partial charge in [0.25, 0.3) is 0 Å². The molecule has 3 rings (SSSR count). The van der Waals surface area contributed by atoms with E-state index < -0.39 is 10.0 Å². The molecule has 0 aromatic carbocycles. The van der Waals surface area contributed by atoms with E-state index in [1.807, 2.05) is 0 Å². The first-order chi connectivity index (χ1) is 10.0. The van der Waals surface area contributed by atoms with Crippen LogP contribution in [0.3, 0.4) is 0 Å². The van der Waals surface area contributed by atoms with Crippen LogP contribution in [0.2, 0.25) is 0 Å². The standard InChI is InChI=1S/C13H15N3O4S/c1-21(17,18)16-6-4-13-11(8-16)12(15-20-13)9-19-10-3-2-5-14-7-10/h2-3,5,7H,4,6,8-9H2,1H3. The predicted molar refractivity (Wildman–Crippen MR) is 74.0 cm³/mol. The predicted octanol–water partition coefficient (Wildman–Crippen LogP) is 0.966. The van der Waals surface area contributed by atoms with E-state index >= 15 is 0 Å². The van der Waals surface area contributed by atoms with E-state index in [2.05, 4.69) is 10.1 Å². The molecular weight excluding hydrogens is 294 g/mol. The van der Waals surface area contributed by atoms with Crippen molar-refractivity contribution in [3.05, 3.63) is 41.5 Å². The fourth-order valence-corrected chi connectivity index (χ4v) is 3.01. The molecule has 2 aromatic rings. The van der Waals surface area contributed by atoms with Gasteiger partial charge in [-0.1, -0.05) is 5.16 Å². The van der Waals surface area contributed by atoms with Gasteiger partial charge in [-0.3, -0.25) is 4.98 Å². The largest absolute Gasteiger partial charge is 0.486 e. The molecule has 1 aliphatic heterocycles. The van der Waals surface area contributed by atoms with Gasteiger partial charge in [-0.15, -0.1) is 0 Å². The molecule has 21 heavy (non-hydrogen) atoms. The van der Waals surface area contributed by atoms with Crippen LogP contribution in [-0.2, 0) is 29.6 Å². The number of sulfonamides is 1. The van der Waals surface area contributed by atoms with Crippen LogP contribution in [-0.4, -0.2) is 35.7 Å². The Hall–Kier alpha value is -1.93. The average molecular weight is 309 g/mol. The maximum Gasteiger partial charge on any atom is 0.211 e. The first kappa shape index (κ1) is 14.0. The number of pyridine rings is 1. The van der Waals surface area contributed by atoms with Gasteiger partial charge in [0.05, 0.1) is 12.5 Å². The Labute approximate surface area is 122 Å². The summed E-state index contributed by atoms with van der Waals surface area (Å²) < 4.78 is 35.6. The normalized spacial score (nSPS) is 15.7. The van der Waals surface area contributed by atoms with E-state index in [0.29, 0.717) is 24.4 Å². The van der Waals surface area contributed by atoms with Crippen LogP contribution in [0.25, 0.3) is 0 Å². The number of fused-ring (bicyclic) bond motifs is 1. The SMILES string of the molecule is CS(=O)(=O)N1CCc2onc(COc3cccnc3)c2C1. The van der Waals surface area contributed by atoms with Crippen molar-refractivity contribution in [3.63, 3.8) is 0 Å². The van der Waals surface area contributed by atoms with Crippen LogP contribution in [0.5, 0.6) is 5.75 Å². The molecule has 0 amide bonds. The smallest absolute Gasteiger partial charge is 0.211 e. The van der Waals surface area contributed by atoms with Crippen molar-refractivity contribution in [3.8, 4) is 5.75 Å². The second-order valence-corrected chi connectivity index (χ2v) is 6.84. The molecule has 0 aliphatic carbocycles. The lowest BCUT2D eigenvalue weighted by Crippen LogP contribution is -2.35. The molecular formula is C13H15N3O4S. The fourth-order valence-electron chi connectivity index (χ4n) is 2.22. The van der Waals surface area contributed by atoms with Gasteiger partial charge in [0.1, 0.15) is 23.8 Å². The second kappa shape index (κ2) is 5.45. The van der Waals surface area contributed by atoms with Crippen molar-refractivity contribution < 1.29 is 17.7 Å². The number of ether oxygens (including phenoxy) is 1. The summed E-state index contributed by atoms with van der Waals surface area (Å²) in [5.41, 5.74) is 1.43. The third kappa shape index (κ3) is 3.06. The summed E-state index contributed by atoms with van der Waals surface area (Å²) in [5.74, 6) is 1.37. The summed E-state index contributed by atoms with van der Waals surface area (Å²) >= 11 is 0. The highest BCUT2D eigenvalue weighted by Crippen LogP contribution is 2.24. The van der Waals surface area contributed by atoms with Crippen molar-refractivity contribution in [2.75, 3.05) is 12.8 Å². The van der Waals surface area contributed by atoms with Gasteiger partial charge < -0.3 is 9.26 Å². The lowest BCUT2D eigenvalue weighted by Gasteiger charge is -2.23. The molecule has 0 saturated carbocycles. The van der Waals surface area contributed by atoms with E-state index in [0.717, 1.165) is 11.3 Å². The van der Waals surface area contributed by atoms with Crippen molar-refractivity contribution >= 4 is 10.0 Å². The van der Waals surface area contributed by atoms with Gasteiger partial charge in [0.2, 0.25) is 10.0 Å². The Morgan fingerprint density at radius 1 is 1.48 bits per heavy atom. The maximum atomic E-state index is 11.6. The van der Waals surface area contributed by atoms with Crippen LogP contribution in [0, 0.1) is 0 Å². The zero-order valence-electron chi connectivity index (χ0n) is 11.5. The Balaban J connectivity index is 1.76. The molecule has 0 bridgehead atoms. The molecule has 1 aliphatic rings. The summed E-state index contributed by atoms with van der Waals surface area (Å²) in [5, 5.41) is 3.99. The maximum absolute atomic E-state index is 11.6. The van der Waals surface area contributed by atoms with Gasteiger partial charge in [-0.05, 0) is 12.1 Å². The van der Waals surface area contributed by atoms with Gasteiger partial charge in [-0.25, -0.2) is 8.42 Å². The zero-order valence-corrected chi connectivity index (χ0v) is 12.3. The third-order valence-electron chi connectivity index (χ3n) is 3.35. The number of aromatic nitrogens is 2. The third-order valence-corrected chi connectivity index (χ3v) is 4.60. The molecule has 8 heteroatoms. The van der Waals surface area contributed by atoms with Crippen molar-refractivity contribution in [2.24, 2.45) is 0 Å². The highest BCUT2D eigenvalue weighted by molar-refractivity contribution is 7.88. The Bertz CT molecular complexity index is 727. The lowest BCUT2D eigenvalue weighted by atomic mass is 10.1. The summed E-state index contributed by atoms with van der Waals surface area (Å²) in [6.07, 6.45) is 5.00. The molecule has 0 radical (unpaired) electrons. The van der Waals surface area contributed by atoms with E-state index in [1.165, 1.54) is 10.6 Å².